The molecule has 1 saturated heterocycles. The number of carbonyl (C=O) groups is 1. The maximum atomic E-state index is 12.0. The molecular weight excluding hydrogens is 350 g/mol. The molecule has 24 heavy (non-hydrogen) atoms. The molecule has 1 atom stereocenters. The summed E-state index contributed by atoms with van der Waals surface area (Å²) in [5, 5.41) is 1.46. The lowest BCUT2D eigenvalue weighted by atomic mass is 10.1. The molecule has 1 aromatic carbocycles. The van der Waals surface area contributed by atoms with Crippen LogP contribution in [0.2, 0.25) is 5.02 Å². The van der Waals surface area contributed by atoms with Crippen LogP contribution in [0.15, 0.2) is 24.3 Å². The number of hydrogen-bond donors (Lipinski definition) is 0. The van der Waals surface area contributed by atoms with E-state index < -0.39 is 15.8 Å². The minimum Gasteiger partial charge on any atom is -0.459 e. The van der Waals surface area contributed by atoms with Gasteiger partial charge in [0.15, 0.2) is 9.84 Å². The first-order valence-corrected chi connectivity index (χ1v) is 9.95. The van der Waals surface area contributed by atoms with Gasteiger partial charge in [-0.1, -0.05) is 29.8 Å². The molecule has 0 unspecified atom stereocenters. The summed E-state index contributed by atoms with van der Waals surface area (Å²) in [6.07, 6.45) is 0.634. The Morgan fingerprint density at radius 3 is 2.83 bits per heavy atom. The number of sulfone groups is 1. The minimum atomic E-state index is -2.99. The second-order valence-corrected chi connectivity index (χ2v) is 8.76. The summed E-state index contributed by atoms with van der Waals surface area (Å²) < 4.78 is 28.1. The molecule has 5 nitrogen and oxygen atoms in total. The number of aromatic nitrogens is 1. The summed E-state index contributed by atoms with van der Waals surface area (Å²) >= 11 is 6.33. The number of fused-ring (bicyclic) bond motifs is 1. The van der Waals surface area contributed by atoms with Gasteiger partial charge in [0.25, 0.3) is 0 Å². The Hall–Kier alpha value is -1.66. The van der Waals surface area contributed by atoms with E-state index >= 15 is 0 Å². The van der Waals surface area contributed by atoms with E-state index in [2.05, 4.69) is 4.98 Å². The predicted octanol–water partition coefficient (Wildman–Crippen LogP) is 3.06. The number of halogens is 1. The Kier molecular flexibility index (Phi) is 4.78. The summed E-state index contributed by atoms with van der Waals surface area (Å²) in [6.45, 7) is 1.89. The topological polar surface area (TPSA) is 73.3 Å². The van der Waals surface area contributed by atoms with Crippen LogP contribution >= 0.6 is 11.6 Å². The predicted molar refractivity (Wildman–Crippen MR) is 92.7 cm³/mol. The molecule has 0 radical (unpaired) electrons. The van der Waals surface area contributed by atoms with Crippen molar-refractivity contribution in [3.05, 3.63) is 40.5 Å². The molecular formula is C17H18ClNO4S. The fraction of sp³-hybridized carbons (Fsp3) is 0.412. The zero-order valence-corrected chi connectivity index (χ0v) is 14.9. The van der Waals surface area contributed by atoms with E-state index in [1.165, 1.54) is 0 Å². The van der Waals surface area contributed by atoms with Crippen molar-refractivity contribution in [3.63, 3.8) is 0 Å². The number of nitrogens with zero attached hydrogens (tertiary/aromatic N) is 1. The zero-order valence-electron chi connectivity index (χ0n) is 13.3. The first-order valence-electron chi connectivity index (χ1n) is 7.75. The zero-order chi connectivity index (χ0) is 17.3. The Balaban J connectivity index is 1.67. The van der Waals surface area contributed by atoms with Gasteiger partial charge in [0.1, 0.15) is 6.61 Å². The molecule has 1 fully saturated rings. The van der Waals surface area contributed by atoms with E-state index in [9.17, 15) is 13.2 Å². The highest BCUT2D eigenvalue weighted by Gasteiger charge is 2.30. The number of hydrogen-bond acceptors (Lipinski definition) is 5. The van der Waals surface area contributed by atoms with E-state index in [-0.39, 0.29) is 30.5 Å². The van der Waals surface area contributed by atoms with E-state index in [0.717, 1.165) is 16.5 Å². The molecule has 7 heteroatoms. The maximum Gasteiger partial charge on any atom is 0.306 e. The van der Waals surface area contributed by atoms with Gasteiger partial charge in [0.2, 0.25) is 0 Å². The lowest BCUT2D eigenvalue weighted by Gasteiger charge is -2.11. The third-order valence-electron chi connectivity index (χ3n) is 4.30. The summed E-state index contributed by atoms with van der Waals surface area (Å²) in [5.74, 6) is -0.344. The van der Waals surface area contributed by atoms with Gasteiger partial charge in [0.05, 0.1) is 27.7 Å². The molecule has 1 aliphatic heterocycles. The number of ether oxygens (including phenoxy) is 1. The average Bonchev–Trinajstić information content (AvgIpc) is 2.88. The number of aryl methyl sites for hydroxylation is 1. The van der Waals surface area contributed by atoms with Crippen molar-refractivity contribution >= 4 is 38.3 Å². The highest BCUT2D eigenvalue weighted by Crippen LogP contribution is 2.28. The average molecular weight is 368 g/mol. The normalized spacial score (nSPS) is 19.5. The van der Waals surface area contributed by atoms with Gasteiger partial charge in [-0.3, -0.25) is 4.79 Å². The number of benzene rings is 1. The van der Waals surface area contributed by atoms with Crippen molar-refractivity contribution in [1.29, 1.82) is 0 Å². The number of para-hydroxylation sites is 1. The number of pyridine rings is 1. The van der Waals surface area contributed by atoms with E-state index in [4.69, 9.17) is 16.3 Å². The van der Waals surface area contributed by atoms with Crippen LogP contribution in [0.1, 0.15) is 24.1 Å². The van der Waals surface area contributed by atoms with Crippen LogP contribution in [0.5, 0.6) is 0 Å². The van der Waals surface area contributed by atoms with E-state index in [1.807, 2.05) is 31.2 Å². The van der Waals surface area contributed by atoms with Gasteiger partial charge in [-0.15, -0.1) is 0 Å². The molecule has 1 aliphatic rings. The molecule has 2 aromatic rings. The summed E-state index contributed by atoms with van der Waals surface area (Å²) in [7, 11) is -2.99. The largest absolute Gasteiger partial charge is 0.459 e. The summed E-state index contributed by atoms with van der Waals surface area (Å²) in [5.41, 5.74) is 2.21. The molecule has 0 bridgehead atoms. The van der Waals surface area contributed by atoms with Crippen LogP contribution in [0.4, 0.5) is 0 Å². The fourth-order valence-corrected chi connectivity index (χ4v) is 5.05. The summed E-state index contributed by atoms with van der Waals surface area (Å²) in [4.78, 5) is 16.4. The molecule has 128 valence electrons. The molecule has 0 saturated carbocycles. The molecule has 2 heterocycles. The van der Waals surface area contributed by atoms with Gasteiger partial charge in [0, 0.05) is 11.8 Å². The third-order valence-corrected chi connectivity index (χ3v) is 6.64. The minimum absolute atomic E-state index is 0.0111. The second-order valence-electron chi connectivity index (χ2n) is 6.15. The number of rotatable bonds is 4. The first kappa shape index (κ1) is 17.2. The third kappa shape index (κ3) is 3.70. The van der Waals surface area contributed by atoms with Crippen molar-refractivity contribution in [3.8, 4) is 0 Å². The van der Waals surface area contributed by atoms with Crippen molar-refractivity contribution in [2.24, 2.45) is 5.92 Å². The SMILES string of the molecule is Cc1c(Cl)c(COC(=O)C[C@H]2CCS(=O)(=O)C2)nc2ccccc12. The van der Waals surface area contributed by atoms with Crippen LogP contribution in [0.3, 0.4) is 0 Å². The lowest BCUT2D eigenvalue weighted by Crippen LogP contribution is -2.13. The monoisotopic (exact) mass is 367 g/mol. The van der Waals surface area contributed by atoms with Crippen molar-refractivity contribution < 1.29 is 17.9 Å². The molecule has 0 N–H and O–H groups in total. The van der Waals surface area contributed by atoms with Gasteiger partial charge >= 0.3 is 5.97 Å². The van der Waals surface area contributed by atoms with E-state index in [1.54, 1.807) is 0 Å². The highest BCUT2D eigenvalue weighted by atomic mass is 35.5. The van der Waals surface area contributed by atoms with E-state index in [0.29, 0.717) is 17.1 Å². The fourth-order valence-electron chi connectivity index (χ4n) is 2.99. The lowest BCUT2D eigenvalue weighted by molar-refractivity contribution is -0.146. The molecule has 0 aliphatic carbocycles. The Labute approximate surface area is 145 Å². The maximum absolute atomic E-state index is 12.0. The molecule has 0 amide bonds. The second kappa shape index (κ2) is 6.69. The van der Waals surface area contributed by atoms with Crippen LogP contribution in [-0.2, 0) is 26.0 Å². The highest BCUT2D eigenvalue weighted by molar-refractivity contribution is 7.91. The standard InChI is InChI=1S/C17H18ClNO4S/c1-11-13-4-2-3-5-14(13)19-15(17(11)18)9-23-16(20)8-12-6-7-24(21,22)10-12/h2-5,12H,6-10H2,1H3/t12-/m1/s1. The van der Waals surface area contributed by atoms with Gasteiger partial charge < -0.3 is 4.74 Å². The molecule has 0 spiro atoms. The van der Waals surface area contributed by atoms with Gasteiger partial charge in [-0.25, -0.2) is 13.4 Å². The summed E-state index contributed by atoms with van der Waals surface area (Å²) in [6, 6.07) is 7.63. The van der Waals surface area contributed by atoms with Crippen molar-refractivity contribution in [1.82, 2.24) is 4.98 Å². The Morgan fingerprint density at radius 2 is 2.12 bits per heavy atom. The van der Waals surface area contributed by atoms with Gasteiger partial charge in [-0.2, -0.15) is 0 Å². The number of carbonyl (C=O) groups excluding carboxylic acids is 1. The van der Waals surface area contributed by atoms with Crippen molar-refractivity contribution in [2.75, 3.05) is 11.5 Å². The van der Waals surface area contributed by atoms with Gasteiger partial charge in [-0.05, 0) is 30.9 Å². The molecule has 3 rings (SSSR count). The molecule has 1 aromatic heterocycles. The van der Waals surface area contributed by atoms with Crippen LogP contribution in [0.25, 0.3) is 10.9 Å². The Morgan fingerprint density at radius 1 is 1.38 bits per heavy atom. The van der Waals surface area contributed by atoms with Crippen LogP contribution in [-0.4, -0.2) is 30.9 Å². The van der Waals surface area contributed by atoms with Crippen molar-refractivity contribution in [2.45, 2.75) is 26.4 Å². The smallest absolute Gasteiger partial charge is 0.306 e. The first-order chi connectivity index (χ1) is 11.4. The number of esters is 1. The van der Waals surface area contributed by atoms with Crippen LogP contribution < -0.4 is 0 Å². The quantitative estimate of drug-likeness (QED) is 0.776. The Bertz CT molecular complexity index is 895. The van der Waals surface area contributed by atoms with Crippen LogP contribution in [0, 0.1) is 12.8 Å².